The Hall–Kier alpha value is -1.43. The van der Waals surface area contributed by atoms with E-state index in [0.29, 0.717) is 11.0 Å². The number of nitrogens with one attached hydrogen (secondary N) is 2. The summed E-state index contributed by atoms with van der Waals surface area (Å²) in [6, 6.07) is 1.63. The lowest BCUT2D eigenvalue weighted by molar-refractivity contribution is 0.679. The van der Waals surface area contributed by atoms with Crippen molar-refractivity contribution in [2.75, 3.05) is 6.26 Å². The molecule has 1 atom stereocenters. The van der Waals surface area contributed by atoms with Gasteiger partial charge in [-0.15, -0.1) is 0 Å². The van der Waals surface area contributed by atoms with Crippen LogP contribution in [0, 0.1) is 0 Å². The largest absolute Gasteiger partial charge is 0.346 e. The second-order valence-corrected chi connectivity index (χ2v) is 3.86. The third-order valence-electron chi connectivity index (χ3n) is 1.68. The van der Waals surface area contributed by atoms with Crippen LogP contribution in [-0.2, 0) is 10.8 Å². The molecule has 0 saturated carbocycles. The molecule has 0 aliphatic heterocycles. The van der Waals surface area contributed by atoms with Gasteiger partial charge in [0.15, 0.2) is 0 Å². The van der Waals surface area contributed by atoms with Gasteiger partial charge >= 0.3 is 0 Å². The number of nitrogens with zero attached hydrogens (tertiary/aromatic N) is 1. The summed E-state index contributed by atoms with van der Waals surface area (Å²) >= 11 is 0. The van der Waals surface area contributed by atoms with Crippen molar-refractivity contribution >= 4 is 21.8 Å². The van der Waals surface area contributed by atoms with E-state index >= 15 is 0 Å². The van der Waals surface area contributed by atoms with Crippen molar-refractivity contribution in [3.05, 3.63) is 22.6 Å². The number of H-pyrrole nitrogens is 2. The molecule has 2 heterocycles. The van der Waals surface area contributed by atoms with Crippen LogP contribution in [0.2, 0.25) is 0 Å². The van der Waals surface area contributed by atoms with E-state index < -0.39 is 10.8 Å². The first-order valence-corrected chi connectivity index (χ1v) is 5.15. The van der Waals surface area contributed by atoms with E-state index in [9.17, 15) is 9.00 Å². The lowest BCUT2D eigenvalue weighted by atomic mass is 10.4. The van der Waals surface area contributed by atoms with Gasteiger partial charge in [0, 0.05) is 12.5 Å². The third-order valence-corrected chi connectivity index (χ3v) is 2.41. The van der Waals surface area contributed by atoms with Gasteiger partial charge in [-0.2, -0.15) is 0 Å². The smallest absolute Gasteiger partial charge is 0.261 e. The lowest BCUT2D eigenvalue weighted by Gasteiger charge is -1.94. The summed E-state index contributed by atoms with van der Waals surface area (Å²) in [5.74, 6) is 0. The highest BCUT2D eigenvalue weighted by Gasteiger charge is 2.05. The van der Waals surface area contributed by atoms with Gasteiger partial charge in [0.25, 0.3) is 5.56 Å². The summed E-state index contributed by atoms with van der Waals surface area (Å²) in [4.78, 5) is 20.5. The van der Waals surface area contributed by atoms with Crippen molar-refractivity contribution in [2.24, 2.45) is 0 Å². The Morgan fingerprint density at radius 3 is 3.00 bits per heavy atom. The van der Waals surface area contributed by atoms with Gasteiger partial charge in [-0.3, -0.25) is 14.0 Å². The molecule has 0 spiro atoms. The quantitative estimate of drug-likeness (QED) is 0.631. The molecular formula is C7H7N3O2S. The molecule has 0 bridgehead atoms. The van der Waals surface area contributed by atoms with Gasteiger partial charge in [-0.05, 0) is 6.07 Å². The Kier molecular flexibility index (Phi) is 1.77. The molecule has 0 amide bonds. The fourth-order valence-corrected chi connectivity index (χ4v) is 1.52. The molecule has 13 heavy (non-hydrogen) atoms. The molecule has 2 aromatic heterocycles. The van der Waals surface area contributed by atoms with Crippen molar-refractivity contribution < 1.29 is 4.21 Å². The van der Waals surface area contributed by atoms with Crippen LogP contribution in [0.4, 0.5) is 0 Å². The van der Waals surface area contributed by atoms with Crippen LogP contribution in [0.25, 0.3) is 11.0 Å². The molecule has 0 aliphatic rings. The molecule has 0 radical (unpaired) electrons. The molecule has 5 nitrogen and oxygen atoms in total. The van der Waals surface area contributed by atoms with Crippen LogP contribution in [0.3, 0.4) is 0 Å². The minimum absolute atomic E-state index is 0.194. The van der Waals surface area contributed by atoms with Crippen molar-refractivity contribution in [1.29, 1.82) is 0 Å². The van der Waals surface area contributed by atoms with Crippen LogP contribution in [0.15, 0.2) is 22.2 Å². The van der Waals surface area contributed by atoms with Crippen LogP contribution >= 0.6 is 0 Å². The Bertz CT molecular complexity index is 528. The second kappa shape index (κ2) is 2.81. The molecular weight excluding hydrogens is 190 g/mol. The van der Waals surface area contributed by atoms with Crippen LogP contribution in [0.1, 0.15) is 0 Å². The first kappa shape index (κ1) is 8.18. The van der Waals surface area contributed by atoms with E-state index in [1.54, 1.807) is 12.3 Å². The van der Waals surface area contributed by atoms with Crippen molar-refractivity contribution in [3.8, 4) is 0 Å². The Labute approximate surface area is 75.7 Å². The minimum Gasteiger partial charge on any atom is -0.346 e. The third kappa shape index (κ3) is 1.29. The zero-order valence-electron chi connectivity index (χ0n) is 6.83. The normalized spacial score (nSPS) is 13.3. The molecule has 68 valence electrons. The lowest BCUT2D eigenvalue weighted by Crippen LogP contribution is -2.11. The van der Waals surface area contributed by atoms with E-state index in [1.165, 1.54) is 6.26 Å². The number of fused-ring (bicyclic) bond motifs is 1. The number of rotatable bonds is 1. The molecule has 0 saturated heterocycles. The SMILES string of the molecule is C[S@](=O)c1nc2[nH]ccc2c(=O)[nH]1. The van der Waals surface area contributed by atoms with E-state index in [-0.39, 0.29) is 10.7 Å². The summed E-state index contributed by atoms with van der Waals surface area (Å²) in [6.07, 6.45) is 3.09. The first-order chi connectivity index (χ1) is 6.18. The fourth-order valence-electron chi connectivity index (χ4n) is 1.07. The maximum atomic E-state index is 11.3. The van der Waals surface area contributed by atoms with Gasteiger partial charge < -0.3 is 4.98 Å². The average molecular weight is 197 g/mol. The fraction of sp³-hybridized carbons (Fsp3) is 0.143. The number of hydrogen-bond donors (Lipinski definition) is 2. The van der Waals surface area contributed by atoms with Crippen molar-refractivity contribution in [3.63, 3.8) is 0 Å². The molecule has 0 fully saturated rings. The average Bonchev–Trinajstić information content (AvgIpc) is 2.51. The van der Waals surface area contributed by atoms with Crippen molar-refractivity contribution in [1.82, 2.24) is 15.0 Å². The standard InChI is InChI=1S/C7H7N3O2S/c1-13(12)7-9-5-4(2-3-8-5)6(11)10-7/h2-3H,1H3,(H2,8,9,10,11)/t13-/m0/s1. The molecule has 2 aromatic rings. The monoisotopic (exact) mass is 197 g/mol. The minimum atomic E-state index is -1.27. The number of aromatic amines is 2. The molecule has 0 aliphatic carbocycles. The Balaban J connectivity index is 2.85. The van der Waals surface area contributed by atoms with Gasteiger partial charge in [-0.1, -0.05) is 0 Å². The highest BCUT2D eigenvalue weighted by atomic mass is 32.2. The predicted octanol–water partition coefficient (Wildman–Crippen LogP) is -0.0114. The van der Waals surface area contributed by atoms with Crippen molar-refractivity contribution in [2.45, 2.75) is 5.16 Å². The maximum absolute atomic E-state index is 11.3. The summed E-state index contributed by atoms with van der Waals surface area (Å²) in [5, 5.41) is 0.675. The van der Waals surface area contributed by atoms with E-state index in [4.69, 9.17) is 0 Å². The molecule has 0 unspecified atom stereocenters. The Morgan fingerprint density at radius 1 is 1.54 bits per heavy atom. The topological polar surface area (TPSA) is 78.6 Å². The predicted molar refractivity (Wildman–Crippen MR) is 49.0 cm³/mol. The summed E-state index contributed by atoms with van der Waals surface area (Å²) in [7, 11) is -1.27. The van der Waals surface area contributed by atoms with E-state index in [1.807, 2.05) is 0 Å². The van der Waals surface area contributed by atoms with Gasteiger partial charge in [0.05, 0.1) is 16.2 Å². The highest BCUT2D eigenvalue weighted by molar-refractivity contribution is 7.84. The zero-order valence-corrected chi connectivity index (χ0v) is 7.64. The molecule has 2 rings (SSSR count). The number of aromatic nitrogens is 3. The van der Waals surface area contributed by atoms with E-state index in [2.05, 4.69) is 15.0 Å². The first-order valence-electron chi connectivity index (χ1n) is 3.59. The van der Waals surface area contributed by atoms with Crippen LogP contribution < -0.4 is 5.56 Å². The zero-order chi connectivity index (χ0) is 9.42. The highest BCUT2D eigenvalue weighted by Crippen LogP contribution is 2.04. The number of hydrogen-bond acceptors (Lipinski definition) is 3. The second-order valence-electron chi connectivity index (χ2n) is 2.57. The molecule has 2 N–H and O–H groups in total. The van der Waals surface area contributed by atoms with Crippen LogP contribution in [0.5, 0.6) is 0 Å². The maximum Gasteiger partial charge on any atom is 0.261 e. The van der Waals surface area contributed by atoms with Crippen LogP contribution in [-0.4, -0.2) is 25.4 Å². The molecule has 0 aromatic carbocycles. The molecule has 6 heteroatoms. The summed E-state index contributed by atoms with van der Waals surface area (Å²) in [5.41, 5.74) is 0.199. The van der Waals surface area contributed by atoms with Gasteiger partial charge in [0.2, 0.25) is 5.16 Å². The van der Waals surface area contributed by atoms with E-state index in [0.717, 1.165) is 0 Å². The summed E-state index contributed by atoms with van der Waals surface area (Å²) < 4.78 is 11.0. The van der Waals surface area contributed by atoms with Gasteiger partial charge in [-0.25, -0.2) is 4.98 Å². The summed E-state index contributed by atoms with van der Waals surface area (Å²) in [6.45, 7) is 0. The Morgan fingerprint density at radius 2 is 2.31 bits per heavy atom. The van der Waals surface area contributed by atoms with Gasteiger partial charge in [0.1, 0.15) is 5.65 Å².